The van der Waals surface area contributed by atoms with Crippen LogP contribution in [0, 0.1) is 15.9 Å². The number of rotatable bonds is 5. The van der Waals surface area contributed by atoms with Gasteiger partial charge in [0, 0.05) is 10.0 Å². The average Bonchev–Trinajstić information content (AvgIpc) is 2.48. The van der Waals surface area contributed by atoms with Crippen LogP contribution in [0.5, 0.6) is 11.5 Å². The molecule has 0 heterocycles. The lowest BCUT2D eigenvalue weighted by molar-refractivity contribution is -0.386. The smallest absolute Gasteiger partial charge is 0.314 e. The van der Waals surface area contributed by atoms with Gasteiger partial charge < -0.3 is 9.47 Å². The van der Waals surface area contributed by atoms with Crippen molar-refractivity contribution >= 4 is 21.6 Å². The molecule has 0 N–H and O–H groups in total. The zero-order valence-corrected chi connectivity index (χ0v) is 12.6. The van der Waals surface area contributed by atoms with Gasteiger partial charge in [-0.15, -0.1) is 0 Å². The maximum atomic E-state index is 13.6. The van der Waals surface area contributed by atoms with Crippen LogP contribution >= 0.6 is 15.9 Å². The maximum absolute atomic E-state index is 13.6. The zero-order valence-electron chi connectivity index (χ0n) is 11.0. The molecule has 110 valence electrons. The Bertz CT molecular complexity index is 678. The first-order chi connectivity index (χ1) is 10.0. The summed E-state index contributed by atoms with van der Waals surface area (Å²) in [6.07, 6.45) is 0. The van der Waals surface area contributed by atoms with Crippen molar-refractivity contribution in [3.05, 3.63) is 62.4 Å². The summed E-state index contributed by atoms with van der Waals surface area (Å²) in [6.45, 7) is -0.113. The third kappa shape index (κ3) is 3.69. The Morgan fingerprint density at radius 2 is 2.05 bits per heavy atom. The molecule has 0 amide bonds. The van der Waals surface area contributed by atoms with Crippen LogP contribution in [0.2, 0.25) is 0 Å². The topological polar surface area (TPSA) is 61.6 Å². The minimum absolute atomic E-state index is 0.0557. The fraction of sp³-hybridized carbons (Fsp3) is 0.143. The molecule has 2 rings (SSSR count). The molecule has 0 spiro atoms. The molecule has 0 radical (unpaired) electrons. The van der Waals surface area contributed by atoms with E-state index in [2.05, 4.69) is 15.9 Å². The number of benzene rings is 2. The molecular formula is C14H11BrFNO4. The molecule has 0 saturated heterocycles. The summed E-state index contributed by atoms with van der Waals surface area (Å²) in [4.78, 5) is 10.4. The Morgan fingerprint density at radius 1 is 1.29 bits per heavy atom. The molecule has 0 saturated carbocycles. The van der Waals surface area contributed by atoms with Crippen molar-refractivity contribution in [2.45, 2.75) is 6.61 Å². The molecular weight excluding hydrogens is 345 g/mol. The predicted molar refractivity (Wildman–Crippen MR) is 78.1 cm³/mol. The quantitative estimate of drug-likeness (QED) is 0.598. The van der Waals surface area contributed by atoms with Gasteiger partial charge in [-0.25, -0.2) is 4.39 Å². The van der Waals surface area contributed by atoms with Gasteiger partial charge in [0.25, 0.3) is 0 Å². The van der Waals surface area contributed by atoms with Gasteiger partial charge in [-0.2, -0.15) is 0 Å². The minimum atomic E-state index is -0.574. The van der Waals surface area contributed by atoms with Crippen molar-refractivity contribution in [2.75, 3.05) is 7.11 Å². The first-order valence-corrected chi connectivity index (χ1v) is 6.69. The Balaban J connectivity index is 2.23. The van der Waals surface area contributed by atoms with Crippen molar-refractivity contribution in [2.24, 2.45) is 0 Å². The van der Waals surface area contributed by atoms with Crippen LogP contribution in [0.4, 0.5) is 10.1 Å². The molecule has 21 heavy (non-hydrogen) atoms. The molecule has 5 nitrogen and oxygen atoms in total. The first kappa shape index (κ1) is 15.2. The normalized spacial score (nSPS) is 10.2. The van der Waals surface area contributed by atoms with Crippen molar-refractivity contribution in [3.8, 4) is 11.5 Å². The number of nitrogens with zero attached hydrogens (tertiary/aromatic N) is 1. The number of ether oxygens (including phenoxy) is 2. The summed E-state index contributed by atoms with van der Waals surface area (Å²) in [7, 11) is 1.41. The number of nitro benzene ring substituents is 1. The van der Waals surface area contributed by atoms with Crippen LogP contribution in [0.1, 0.15) is 5.56 Å². The molecule has 0 unspecified atom stereocenters. The Morgan fingerprint density at radius 3 is 2.71 bits per heavy atom. The zero-order chi connectivity index (χ0) is 15.4. The summed E-state index contributed by atoms with van der Waals surface area (Å²) in [5, 5.41) is 11.0. The van der Waals surface area contributed by atoms with Crippen LogP contribution in [0.25, 0.3) is 0 Å². The lowest BCUT2D eigenvalue weighted by atomic mass is 10.2. The van der Waals surface area contributed by atoms with Gasteiger partial charge >= 0.3 is 5.69 Å². The molecule has 0 fully saturated rings. The van der Waals surface area contributed by atoms with Gasteiger partial charge in [-0.05, 0) is 30.3 Å². The standard InChI is InChI=1S/C14H11BrFNO4/c1-20-11-3-5-14(13(7-11)17(18)19)21-8-9-6-10(15)2-4-12(9)16/h2-7H,8H2,1H3. The second-order valence-electron chi connectivity index (χ2n) is 4.12. The van der Waals surface area contributed by atoms with E-state index in [1.54, 1.807) is 18.2 Å². The van der Waals surface area contributed by atoms with E-state index in [0.717, 1.165) is 0 Å². The Hall–Kier alpha value is -2.15. The van der Waals surface area contributed by atoms with Crippen LogP contribution in [0.3, 0.4) is 0 Å². The number of hydrogen-bond acceptors (Lipinski definition) is 4. The SMILES string of the molecule is COc1ccc(OCc2cc(Br)ccc2F)c([N+](=O)[O-])c1. The molecule has 0 atom stereocenters. The number of nitro groups is 1. The lowest BCUT2D eigenvalue weighted by Crippen LogP contribution is -2.01. The second-order valence-corrected chi connectivity index (χ2v) is 5.03. The largest absolute Gasteiger partial charge is 0.496 e. The van der Waals surface area contributed by atoms with E-state index in [1.165, 1.54) is 25.3 Å². The third-order valence-corrected chi connectivity index (χ3v) is 3.25. The van der Waals surface area contributed by atoms with Crippen LogP contribution in [0.15, 0.2) is 40.9 Å². The minimum Gasteiger partial charge on any atom is -0.496 e. The van der Waals surface area contributed by atoms with E-state index < -0.39 is 10.7 Å². The van der Waals surface area contributed by atoms with E-state index in [1.807, 2.05) is 0 Å². The van der Waals surface area contributed by atoms with Gasteiger partial charge in [-0.1, -0.05) is 15.9 Å². The van der Waals surface area contributed by atoms with Gasteiger partial charge in [0.2, 0.25) is 0 Å². The van der Waals surface area contributed by atoms with Gasteiger partial charge in [0.15, 0.2) is 5.75 Å². The van der Waals surface area contributed by atoms with Crippen molar-refractivity contribution < 1.29 is 18.8 Å². The Labute approximate surface area is 128 Å². The van der Waals surface area contributed by atoms with Crippen LogP contribution < -0.4 is 9.47 Å². The van der Waals surface area contributed by atoms with Crippen molar-refractivity contribution in [1.29, 1.82) is 0 Å². The summed E-state index contributed by atoms with van der Waals surface area (Å²) >= 11 is 3.23. The lowest BCUT2D eigenvalue weighted by Gasteiger charge is -2.09. The fourth-order valence-corrected chi connectivity index (χ4v) is 2.11. The van der Waals surface area contributed by atoms with E-state index in [9.17, 15) is 14.5 Å². The second kappa shape index (κ2) is 6.53. The highest BCUT2D eigenvalue weighted by Crippen LogP contribution is 2.31. The van der Waals surface area contributed by atoms with E-state index >= 15 is 0 Å². The molecule has 2 aromatic carbocycles. The van der Waals surface area contributed by atoms with E-state index in [-0.39, 0.29) is 18.0 Å². The van der Waals surface area contributed by atoms with Gasteiger partial charge in [0.1, 0.15) is 18.2 Å². The van der Waals surface area contributed by atoms with Crippen LogP contribution in [-0.2, 0) is 6.61 Å². The predicted octanol–water partition coefficient (Wildman–Crippen LogP) is 4.08. The molecule has 0 aliphatic carbocycles. The fourth-order valence-electron chi connectivity index (χ4n) is 1.70. The summed E-state index contributed by atoms with van der Waals surface area (Å²) in [5.41, 5.74) is 0.0687. The highest BCUT2D eigenvalue weighted by molar-refractivity contribution is 9.10. The van der Waals surface area contributed by atoms with Crippen LogP contribution in [-0.4, -0.2) is 12.0 Å². The average molecular weight is 356 g/mol. The molecule has 0 aliphatic rings. The number of methoxy groups -OCH3 is 1. The highest BCUT2D eigenvalue weighted by atomic mass is 79.9. The summed E-state index contributed by atoms with van der Waals surface area (Å²) in [5.74, 6) is -0.0303. The third-order valence-electron chi connectivity index (χ3n) is 2.75. The van der Waals surface area contributed by atoms with Gasteiger partial charge in [0.05, 0.1) is 18.1 Å². The maximum Gasteiger partial charge on any atom is 0.314 e. The molecule has 0 aliphatic heterocycles. The number of hydrogen-bond donors (Lipinski definition) is 0. The van der Waals surface area contributed by atoms with Crippen molar-refractivity contribution in [3.63, 3.8) is 0 Å². The first-order valence-electron chi connectivity index (χ1n) is 5.90. The van der Waals surface area contributed by atoms with E-state index in [4.69, 9.17) is 9.47 Å². The van der Waals surface area contributed by atoms with Gasteiger partial charge in [-0.3, -0.25) is 10.1 Å². The van der Waals surface area contributed by atoms with E-state index in [0.29, 0.717) is 15.8 Å². The molecule has 7 heteroatoms. The Kier molecular flexibility index (Phi) is 4.74. The monoisotopic (exact) mass is 355 g/mol. The highest BCUT2D eigenvalue weighted by Gasteiger charge is 2.17. The molecule has 0 aromatic heterocycles. The molecule has 0 bridgehead atoms. The van der Waals surface area contributed by atoms with Crippen molar-refractivity contribution in [1.82, 2.24) is 0 Å². The summed E-state index contributed by atoms with van der Waals surface area (Å²) < 4.78 is 24.6. The summed E-state index contributed by atoms with van der Waals surface area (Å²) in [6, 6.07) is 8.64. The number of halogens is 2. The molecule has 2 aromatic rings.